The number of carbonyl (C=O) groups is 1. The van der Waals surface area contributed by atoms with E-state index in [0.29, 0.717) is 31.0 Å². The zero-order chi connectivity index (χ0) is 12.4. The minimum atomic E-state index is 0.00815. The van der Waals surface area contributed by atoms with Gasteiger partial charge in [-0.05, 0) is 25.1 Å². The molecule has 1 atom stereocenters. The van der Waals surface area contributed by atoms with Crippen molar-refractivity contribution in [1.82, 2.24) is 4.90 Å². The Kier molecular flexibility index (Phi) is 3.69. The molecule has 1 saturated heterocycles. The van der Waals surface area contributed by atoms with Crippen LogP contribution in [0, 0.1) is 0 Å². The van der Waals surface area contributed by atoms with Gasteiger partial charge in [0.25, 0.3) is 5.91 Å². The number of morpholine rings is 1. The molecule has 1 fully saturated rings. The predicted octanol–water partition coefficient (Wildman–Crippen LogP) is 1.89. The molecule has 0 spiro atoms. The standard InChI is InChI=1S/C12H15BrN2O2/c1-8-7-17-3-2-15(8)12(16)9-4-10(13)6-11(14)5-9/h4-6,8H,2-3,7,14H2,1H3. The van der Waals surface area contributed by atoms with E-state index >= 15 is 0 Å². The fourth-order valence-corrected chi connectivity index (χ4v) is 2.44. The Hall–Kier alpha value is -1.07. The van der Waals surface area contributed by atoms with Crippen molar-refractivity contribution < 1.29 is 9.53 Å². The summed E-state index contributed by atoms with van der Waals surface area (Å²) in [6, 6.07) is 5.38. The molecule has 17 heavy (non-hydrogen) atoms. The van der Waals surface area contributed by atoms with Crippen LogP contribution in [0.4, 0.5) is 5.69 Å². The quantitative estimate of drug-likeness (QED) is 0.806. The van der Waals surface area contributed by atoms with Gasteiger partial charge in [-0.25, -0.2) is 0 Å². The molecule has 2 N–H and O–H groups in total. The summed E-state index contributed by atoms with van der Waals surface area (Å²) in [6.45, 7) is 3.81. The molecular formula is C12H15BrN2O2. The van der Waals surface area contributed by atoms with Gasteiger partial charge in [-0.3, -0.25) is 4.79 Å². The van der Waals surface area contributed by atoms with Crippen LogP contribution in [-0.2, 0) is 4.74 Å². The van der Waals surface area contributed by atoms with Crippen LogP contribution in [0.15, 0.2) is 22.7 Å². The molecule has 0 aromatic heterocycles. The lowest BCUT2D eigenvalue weighted by Crippen LogP contribution is -2.47. The number of amides is 1. The first-order valence-corrected chi connectivity index (χ1v) is 6.32. The van der Waals surface area contributed by atoms with Crippen molar-refractivity contribution in [3.8, 4) is 0 Å². The lowest BCUT2D eigenvalue weighted by molar-refractivity contribution is 0.00359. The molecule has 1 heterocycles. The number of nitrogen functional groups attached to an aromatic ring is 1. The smallest absolute Gasteiger partial charge is 0.254 e. The Morgan fingerprint density at radius 1 is 1.53 bits per heavy atom. The lowest BCUT2D eigenvalue weighted by atomic mass is 10.1. The van der Waals surface area contributed by atoms with Crippen LogP contribution >= 0.6 is 15.9 Å². The van der Waals surface area contributed by atoms with Crippen LogP contribution in [0.2, 0.25) is 0 Å². The first kappa shape index (κ1) is 12.4. The molecule has 1 aromatic carbocycles. The molecule has 1 unspecified atom stereocenters. The Morgan fingerprint density at radius 2 is 2.29 bits per heavy atom. The average Bonchev–Trinajstić information content (AvgIpc) is 2.27. The maximum absolute atomic E-state index is 12.3. The molecule has 0 radical (unpaired) electrons. The molecule has 0 bridgehead atoms. The normalized spacial score (nSPS) is 20.4. The van der Waals surface area contributed by atoms with Crippen LogP contribution in [0.1, 0.15) is 17.3 Å². The van der Waals surface area contributed by atoms with Gasteiger partial charge in [-0.2, -0.15) is 0 Å². The molecule has 2 rings (SSSR count). The largest absolute Gasteiger partial charge is 0.399 e. The maximum atomic E-state index is 12.3. The summed E-state index contributed by atoms with van der Waals surface area (Å²) < 4.78 is 6.14. The van der Waals surface area contributed by atoms with Crippen molar-refractivity contribution in [2.75, 3.05) is 25.5 Å². The fourth-order valence-electron chi connectivity index (χ4n) is 1.93. The number of nitrogens with two attached hydrogens (primary N) is 1. The van der Waals surface area contributed by atoms with Gasteiger partial charge in [0.05, 0.1) is 19.3 Å². The van der Waals surface area contributed by atoms with Crippen LogP contribution in [0.25, 0.3) is 0 Å². The highest BCUT2D eigenvalue weighted by Crippen LogP contribution is 2.20. The number of rotatable bonds is 1. The third-order valence-corrected chi connectivity index (χ3v) is 3.25. The molecule has 5 heteroatoms. The predicted molar refractivity (Wildman–Crippen MR) is 69.9 cm³/mol. The molecule has 1 amide bonds. The van der Waals surface area contributed by atoms with Gasteiger partial charge in [0.2, 0.25) is 0 Å². The number of hydrogen-bond donors (Lipinski definition) is 1. The summed E-state index contributed by atoms with van der Waals surface area (Å²) in [6.07, 6.45) is 0. The lowest BCUT2D eigenvalue weighted by Gasteiger charge is -2.33. The van der Waals surface area contributed by atoms with Gasteiger partial charge in [0.1, 0.15) is 0 Å². The average molecular weight is 299 g/mol. The van der Waals surface area contributed by atoms with Crippen LogP contribution in [0.5, 0.6) is 0 Å². The highest BCUT2D eigenvalue weighted by Gasteiger charge is 2.24. The van der Waals surface area contributed by atoms with E-state index in [2.05, 4.69) is 15.9 Å². The number of hydrogen-bond acceptors (Lipinski definition) is 3. The second-order valence-electron chi connectivity index (χ2n) is 4.20. The van der Waals surface area contributed by atoms with Crippen molar-refractivity contribution in [3.63, 3.8) is 0 Å². The van der Waals surface area contributed by atoms with Crippen molar-refractivity contribution in [3.05, 3.63) is 28.2 Å². The third kappa shape index (κ3) is 2.79. The molecule has 0 saturated carbocycles. The van der Waals surface area contributed by atoms with Gasteiger partial charge in [0.15, 0.2) is 0 Å². The van der Waals surface area contributed by atoms with Gasteiger partial charge in [0, 0.05) is 22.3 Å². The first-order valence-electron chi connectivity index (χ1n) is 5.52. The Morgan fingerprint density at radius 3 is 2.94 bits per heavy atom. The number of benzene rings is 1. The van der Waals surface area contributed by atoms with Crippen LogP contribution in [0.3, 0.4) is 0 Å². The van der Waals surface area contributed by atoms with Gasteiger partial charge >= 0.3 is 0 Å². The van der Waals surface area contributed by atoms with Crippen LogP contribution < -0.4 is 5.73 Å². The monoisotopic (exact) mass is 298 g/mol. The summed E-state index contributed by atoms with van der Waals surface area (Å²) in [5.74, 6) is 0.00815. The number of anilines is 1. The van der Waals surface area contributed by atoms with Gasteiger partial charge in [-0.15, -0.1) is 0 Å². The Labute approximate surface area is 109 Å². The zero-order valence-corrected chi connectivity index (χ0v) is 11.2. The van der Waals surface area contributed by atoms with Crippen molar-refractivity contribution in [2.24, 2.45) is 0 Å². The van der Waals surface area contributed by atoms with E-state index in [-0.39, 0.29) is 11.9 Å². The summed E-state index contributed by atoms with van der Waals surface area (Å²) in [5, 5.41) is 0. The summed E-state index contributed by atoms with van der Waals surface area (Å²) in [5.41, 5.74) is 6.94. The second-order valence-corrected chi connectivity index (χ2v) is 5.11. The van der Waals surface area contributed by atoms with Crippen molar-refractivity contribution in [2.45, 2.75) is 13.0 Å². The number of nitrogens with zero attached hydrogens (tertiary/aromatic N) is 1. The van der Waals surface area contributed by atoms with E-state index in [1.165, 1.54) is 0 Å². The van der Waals surface area contributed by atoms with E-state index in [1.807, 2.05) is 11.8 Å². The summed E-state index contributed by atoms with van der Waals surface area (Å²) in [7, 11) is 0. The van der Waals surface area contributed by atoms with E-state index in [4.69, 9.17) is 10.5 Å². The minimum absolute atomic E-state index is 0.00815. The Bertz CT molecular complexity index is 416. The third-order valence-electron chi connectivity index (χ3n) is 2.80. The van der Waals surface area contributed by atoms with Crippen molar-refractivity contribution in [1.29, 1.82) is 0 Å². The molecular weight excluding hydrogens is 284 g/mol. The highest BCUT2D eigenvalue weighted by atomic mass is 79.9. The van der Waals surface area contributed by atoms with E-state index in [0.717, 1.165) is 4.47 Å². The molecule has 4 nitrogen and oxygen atoms in total. The molecule has 1 aromatic rings. The van der Waals surface area contributed by atoms with E-state index in [9.17, 15) is 4.79 Å². The first-order chi connectivity index (χ1) is 8.08. The zero-order valence-electron chi connectivity index (χ0n) is 9.65. The fraction of sp³-hybridized carbons (Fsp3) is 0.417. The Balaban J connectivity index is 2.23. The molecule has 1 aliphatic rings. The maximum Gasteiger partial charge on any atom is 0.254 e. The topological polar surface area (TPSA) is 55.6 Å². The van der Waals surface area contributed by atoms with Crippen molar-refractivity contribution >= 4 is 27.5 Å². The van der Waals surface area contributed by atoms with Crippen LogP contribution in [-0.4, -0.2) is 36.6 Å². The minimum Gasteiger partial charge on any atom is -0.399 e. The van der Waals surface area contributed by atoms with Gasteiger partial charge in [-0.1, -0.05) is 15.9 Å². The number of halogens is 1. The second kappa shape index (κ2) is 5.06. The SMILES string of the molecule is CC1COCCN1C(=O)c1cc(N)cc(Br)c1. The summed E-state index contributed by atoms with van der Waals surface area (Å²) in [4.78, 5) is 14.1. The van der Waals surface area contributed by atoms with E-state index in [1.54, 1.807) is 18.2 Å². The number of carbonyl (C=O) groups excluding carboxylic acids is 1. The molecule has 92 valence electrons. The van der Waals surface area contributed by atoms with E-state index < -0.39 is 0 Å². The summed E-state index contributed by atoms with van der Waals surface area (Å²) >= 11 is 3.34. The highest BCUT2D eigenvalue weighted by molar-refractivity contribution is 9.10. The van der Waals surface area contributed by atoms with Gasteiger partial charge < -0.3 is 15.4 Å². The molecule has 0 aliphatic carbocycles. The molecule has 1 aliphatic heterocycles. The number of ether oxygens (including phenoxy) is 1.